The topological polar surface area (TPSA) is 88.3 Å². The summed E-state index contributed by atoms with van der Waals surface area (Å²) in [5.74, 6) is 0.621. The fourth-order valence-corrected chi connectivity index (χ4v) is 3.36. The van der Waals surface area contributed by atoms with Gasteiger partial charge in [-0.15, -0.1) is 0 Å². The Morgan fingerprint density at radius 3 is 2.62 bits per heavy atom. The number of nitrogens with zero attached hydrogens (tertiary/aromatic N) is 3. The molecule has 29 heavy (non-hydrogen) atoms. The van der Waals surface area contributed by atoms with E-state index in [2.05, 4.69) is 15.5 Å². The van der Waals surface area contributed by atoms with Crippen LogP contribution in [0.25, 0.3) is 11.5 Å². The van der Waals surface area contributed by atoms with Crippen LogP contribution in [-0.2, 0) is 22.6 Å². The molecule has 0 aliphatic carbocycles. The van der Waals surface area contributed by atoms with Gasteiger partial charge in [0, 0.05) is 37.2 Å². The quantitative estimate of drug-likeness (QED) is 0.698. The predicted molar refractivity (Wildman–Crippen MR) is 108 cm³/mol. The van der Waals surface area contributed by atoms with Gasteiger partial charge in [-0.3, -0.25) is 9.59 Å². The largest absolute Gasteiger partial charge is 0.338 e. The number of aryl methyl sites for hydroxylation is 1. The second-order valence-electron chi connectivity index (χ2n) is 7.10. The molecule has 1 aromatic heterocycles. The highest BCUT2D eigenvalue weighted by molar-refractivity contribution is 5.97. The SMILES string of the molecule is CCc1noc(-c2ccc(NC(=O)[C@@H]3CC(=O)N(Cc4ccccc4)C3)cc2)n1. The fourth-order valence-electron chi connectivity index (χ4n) is 3.36. The molecule has 1 atom stereocenters. The minimum atomic E-state index is -0.353. The Kier molecular flexibility index (Phi) is 5.37. The molecule has 2 amide bonds. The summed E-state index contributed by atoms with van der Waals surface area (Å²) in [7, 11) is 0. The third-order valence-corrected chi connectivity index (χ3v) is 4.99. The van der Waals surface area contributed by atoms with Gasteiger partial charge in [-0.05, 0) is 29.8 Å². The predicted octanol–water partition coefficient (Wildman–Crippen LogP) is 3.29. The van der Waals surface area contributed by atoms with E-state index in [1.807, 2.05) is 49.4 Å². The van der Waals surface area contributed by atoms with Crippen molar-refractivity contribution < 1.29 is 14.1 Å². The van der Waals surface area contributed by atoms with Crippen LogP contribution in [0.4, 0.5) is 5.69 Å². The molecular weight excluding hydrogens is 368 g/mol. The number of anilines is 1. The number of carbonyl (C=O) groups is 2. The van der Waals surface area contributed by atoms with E-state index >= 15 is 0 Å². The molecule has 0 saturated carbocycles. The number of hydrogen-bond donors (Lipinski definition) is 1. The Balaban J connectivity index is 1.36. The van der Waals surface area contributed by atoms with Gasteiger partial charge in [0.25, 0.3) is 5.89 Å². The molecule has 1 N–H and O–H groups in total. The smallest absolute Gasteiger partial charge is 0.257 e. The third kappa shape index (κ3) is 4.34. The van der Waals surface area contributed by atoms with Crippen LogP contribution in [-0.4, -0.2) is 33.4 Å². The highest BCUT2D eigenvalue weighted by atomic mass is 16.5. The molecule has 1 aliphatic rings. The lowest BCUT2D eigenvalue weighted by Crippen LogP contribution is -2.28. The number of rotatable bonds is 6. The van der Waals surface area contributed by atoms with Crippen molar-refractivity contribution in [3.63, 3.8) is 0 Å². The second-order valence-corrected chi connectivity index (χ2v) is 7.10. The molecule has 1 fully saturated rings. The number of aromatic nitrogens is 2. The number of nitrogens with one attached hydrogen (secondary N) is 1. The lowest BCUT2D eigenvalue weighted by atomic mass is 10.1. The summed E-state index contributed by atoms with van der Waals surface area (Å²) in [6.45, 7) is 2.92. The van der Waals surface area contributed by atoms with Crippen molar-refractivity contribution in [2.75, 3.05) is 11.9 Å². The summed E-state index contributed by atoms with van der Waals surface area (Å²) in [6, 6.07) is 17.0. The van der Waals surface area contributed by atoms with E-state index in [0.717, 1.165) is 11.1 Å². The highest BCUT2D eigenvalue weighted by Gasteiger charge is 2.34. The van der Waals surface area contributed by atoms with Crippen molar-refractivity contribution in [3.8, 4) is 11.5 Å². The first-order chi connectivity index (χ1) is 14.1. The lowest BCUT2D eigenvalue weighted by molar-refractivity contribution is -0.128. The Labute approximate surface area is 168 Å². The lowest BCUT2D eigenvalue weighted by Gasteiger charge is -2.16. The van der Waals surface area contributed by atoms with Crippen molar-refractivity contribution in [2.24, 2.45) is 5.92 Å². The maximum absolute atomic E-state index is 12.6. The minimum Gasteiger partial charge on any atom is -0.338 e. The molecule has 1 saturated heterocycles. The van der Waals surface area contributed by atoms with Crippen molar-refractivity contribution in [3.05, 3.63) is 66.0 Å². The van der Waals surface area contributed by atoms with Crippen LogP contribution in [0.2, 0.25) is 0 Å². The maximum Gasteiger partial charge on any atom is 0.257 e. The Bertz CT molecular complexity index is 998. The molecule has 148 valence electrons. The van der Waals surface area contributed by atoms with Gasteiger partial charge in [0.1, 0.15) is 0 Å². The van der Waals surface area contributed by atoms with E-state index in [-0.39, 0.29) is 24.2 Å². The average Bonchev–Trinajstić information content (AvgIpc) is 3.36. The van der Waals surface area contributed by atoms with E-state index in [1.165, 1.54) is 0 Å². The molecule has 0 bridgehead atoms. The van der Waals surface area contributed by atoms with Gasteiger partial charge < -0.3 is 14.7 Å². The van der Waals surface area contributed by atoms with E-state index < -0.39 is 0 Å². The molecule has 1 aliphatic heterocycles. The summed E-state index contributed by atoms with van der Waals surface area (Å²) < 4.78 is 5.22. The fraction of sp³-hybridized carbons (Fsp3) is 0.273. The van der Waals surface area contributed by atoms with Crippen LogP contribution in [0.3, 0.4) is 0 Å². The molecule has 2 heterocycles. The Hall–Kier alpha value is -3.48. The number of hydrogen-bond acceptors (Lipinski definition) is 5. The first kappa shape index (κ1) is 18.9. The number of likely N-dealkylation sites (tertiary alicyclic amines) is 1. The second kappa shape index (κ2) is 8.26. The molecule has 0 radical (unpaired) electrons. The van der Waals surface area contributed by atoms with Crippen LogP contribution in [0.15, 0.2) is 59.1 Å². The average molecular weight is 390 g/mol. The van der Waals surface area contributed by atoms with Crippen molar-refractivity contribution in [1.82, 2.24) is 15.0 Å². The molecular formula is C22H22N4O3. The van der Waals surface area contributed by atoms with E-state index in [1.54, 1.807) is 17.0 Å². The monoisotopic (exact) mass is 390 g/mol. The number of amides is 2. The van der Waals surface area contributed by atoms with Crippen LogP contribution >= 0.6 is 0 Å². The summed E-state index contributed by atoms with van der Waals surface area (Å²) in [6.07, 6.45) is 0.942. The van der Waals surface area contributed by atoms with E-state index in [9.17, 15) is 9.59 Å². The van der Waals surface area contributed by atoms with Gasteiger partial charge in [-0.1, -0.05) is 42.4 Å². The molecule has 2 aromatic carbocycles. The van der Waals surface area contributed by atoms with Gasteiger partial charge in [-0.25, -0.2) is 0 Å². The molecule has 3 aromatic rings. The zero-order valence-electron chi connectivity index (χ0n) is 16.2. The van der Waals surface area contributed by atoms with E-state index in [4.69, 9.17) is 4.52 Å². The van der Waals surface area contributed by atoms with E-state index in [0.29, 0.717) is 36.9 Å². The zero-order chi connectivity index (χ0) is 20.2. The maximum atomic E-state index is 12.6. The van der Waals surface area contributed by atoms with Crippen LogP contribution in [0.1, 0.15) is 24.7 Å². The summed E-state index contributed by atoms with van der Waals surface area (Å²) in [5, 5.41) is 6.79. The number of benzene rings is 2. The molecule has 0 unspecified atom stereocenters. The van der Waals surface area contributed by atoms with Crippen LogP contribution in [0, 0.1) is 5.92 Å². The molecule has 4 rings (SSSR count). The molecule has 0 spiro atoms. The van der Waals surface area contributed by atoms with Gasteiger partial charge in [0.15, 0.2) is 5.82 Å². The normalized spacial score (nSPS) is 16.2. The highest BCUT2D eigenvalue weighted by Crippen LogP contribution is 2.23. The van der Waals surface area contributed by atoms with Gasteiger partial charge in [0.2, 0.25) is 11.8 Å². The third-order valence-electron chi connectivity index (χ3n) is 4.99. The first-order valence-electron chi connectivity index (χ1n) is 9.68. The van der Waals surface area contributed by atoms with Gasteiger partial charge >= 0.3 is 0 Å². The zero-order valence-corrected chi connectivity index (χ0v) is 16.2. The summed E-state index contributed by atoms with van der Waals surface area (Å²) in [4.78, 5) is 31.0. The summed E-state index contributed by atoms with van der Waals surface area (Å²) in [5.41, 5.74) is 2.52. The Morgan fingerprint density at radius 1 is 1.17 bits per heavy atom. The minimum absolute atomic E-state index is 0.00692. The van der Waals surface area contributed by atoms with Crippen molar-refractivity contribution in [2.45, 2.75) is 26.3 Å². The number of carbonyl (C=O) groups excluding carboxylic acids is 2. The van der Waals surface area contributed by atoms with Crippen LogP contribution < -0.4 is 5.32 Å². The summed E-state index contributed by atoms with van der Waals surface area (Å²) >= 11 is 0. The Morgan fingerprint density at radius 2 is 1.93 bits per heavy atom. The van der Waals surface area contributed by atoms with Gasteiger partial charge in [0.05, 0.1) is 5.92 Å². The first-order valence-corrected chi connectivity index (χ1v) is 9.68. The molecule has 7 heteroatoms. The standard InChI is InChI=1S/C22H22N4O3/c1-2-19-24-22(29-25-19)16-8-10-18(11-9-16)23-21(28)17-12-20(27)26(14-17)13-15-6-4-3-5-7-15/h3-11,17H,2,12-14H2,1H3,(H,23,28)/t17-/m1/s1. The van der Waals surface area contributed by atoms with Crippen molar-refractivity contribution in [1.29, 1.82) is 0 Å². The van der Waals surface area contributed by atoms with Gasteiger partial charge in [-0.2, -0.15) is 4.98 Å². The molecule has 7 nitrogen and oxygen atoms in total. The van der Waals surface area contributed by atoms with Crippen LogP contribution in [0.5, 0.6) is 0 Å². The van der Waals surface area contributed by atoms with Crippen molar-refractivity contribution >= 4 is 17.5 Å².